The predicted octanol–water partition coefficient (Wildman–Crippen LogP) is 4.72. The first-order valence-electron chi connectivity index (χ1n) is 5.68. The topological polar surface area (TPSA) is 0 Å². The highest BCUT2D eigenvalue weighted by Crippen LogP contribution is 2.38. The minimum absolute atomic E-state index is 0.237. The molecule has 0 radical (unpaired) electrons. The second-order valence-electron chi connectivity index (χ2n) is 4.48. The van der Waals surface area contributed by atoms with Crippen molar-refractivity contribution in [3.05, 3.63) is 41.5 Å². The molecule has 0 nitrogen and oxygen atoms in total. The lowest BCUT2D eigenvalue weighted by atomic mass is 9.82. The van der Waals surface area contributed by atoms with Crippen molar-refractivity contribution in [3.8, 4) is 0 Å². The molecule has 2 atom stereocenters. The van der Waals surface area contributed by atoms with Crippen molar-refractivity contribution in [1.29, 1.82) is 0 Å². The zero-order chi connectivity index (χ0) is 11.5. The minimum Gasteiger partial charge on any atom is -0.122 e. The quantitative estimate of drug-likeness (QED) is 0.671. The molecule has 0 spiro atoms. The molecule has 0 amide bonds. The summed E-state index contributed by atoms with van der Waals surface area (Å²) in [5.74, 6) is 1.13. The van der Waals surface area contributed by atoms with Crippen molar-refractivity contribution < 1.29 is 0 Å². The first-order valence-corrected chi connectivity index (χ1v) is 6.65. The molecule has 0 saturated heterocycles. The monoisotopic (exact) mass is 254 g/mol. The van der Waals surface area contributed by atoms with Gasteiger partial charge in [-0.15, -0.1) is 23.2 Å². The Morgan fingerprint density at radius 1 is 1.19 bits per heavy atom. The van der Waals surface area contributed by atoms with Crippen LogP contribution in [-0.4, -0.2) is 11.3 Å². The first kappa shape index (κ1) is 12.0. The summed E-state index contributed by atoms with van der Waals surface area (Å²) in [5, 5.41) is 0.237. The van der Waals surface area contributed by atoms with E-state index < -0.39 is 0 Å². The Bertz CT molecular complexity index is 381. The van der Waals surface area contributed by atoms with Gasteiger partial charge in [-0.2, -0.15) is 0 Å². The fraction of sp³-hybridized carbons (Fsp3) is 0.429. The van der Waals surface area contributed by atoms with Crippen LogP contribution in [0.15, 0.2) is 35.9 Å². The van der Waals surface area contributed by atoms with Gasteiger partial charge in [-0.1, -0.05) is 42.8 Å². The van der Waals surface area contributed by atoms with Gasteiger partial charge < -0.3 is 0 Å². The summed E-state index contributed by atoms with van der Waals surface area (Å²) in [6.07, 6.45) is 1.97. The van der Waals surface area contributed by atoms with Crippen molar-refractivity contribution in [3.63, 3.8) is 0 Å². The summed E-state index contributed by atoms with van der Waals surface area (Å²) < 4.78 is 0. The van der Waals surface area contributed by atoms with Crippen molar-refractivity contribution in [1.82, 2.24) is 0 Å². The van der Waals surface area contributed by atoms with Crippen LogP contribution in [-0.2, 0) is 0 Å². The molecular weight excluding hydrogens is 239 g/mol. The van der Waals surface area contributed by atoms with E-state index in [0.717, 1.165) is 12.8 Å². The fourth-order valence-electron chi connectivity index (χ4n) is 2.25. The SMILES string of the molecule is CC1CC(c2ccccc2)=C(CCl)CC1Cl. The Labute approximate surface area is 107 Å². The number of hydrogen-bond acceptors (Lipinski definition) is 0. The Kier molecular flexibility index (Phi) is 3.94. The molecule has 2 rings (SSSR count). The van der Waals surface area contributed by atoms with Gasteiger partial charge >= 0.3 is 0 Å². The lowest BCUT2D eigenvalue weighted by Gasteiger charge is -2.28. The number of hydrogen-bond donors (Lipinski definition) is 0. The van der Waals surface area contributed by atoms with Gasteiger partial charge in [-0.05, 0) is 29.9 Å². The van der Waals surface area contributed by atoms with Gasteiger partial charge in [0.2, 0.25) is 0 Å². The van der Waals surface area contributed by atoms with Gasteiger partial charge in [0.25, 0.3) is 0 Å². The highest BCUT2D eigenvalue weighted by Gasteiger charge is 2.25. The number of allylic oxidation sites excluding steroid dienone is 2. The molecule has 1 aliphatic rings. The van der Waals surface area contributed by atoms with Crippen molar-refractivity contribution in [2.45, 2.75) is 25.1 Å². The van der Waals surface area contributed by atoms with Gasteiger partial charge in [0.15, 0.2) is 0 Å². The Morgan fingerprint density at radius 2 is 1.88 bits per heavy atom. The Balaban J connectivity index is 2.37. The van der Waals surface area contributed by atoms with Crippen LogP contribution in [0.5, 0.6) is 0 Å². The zero-order valence-electron chi connectivity index (χ0n) is 9.42. The number of alkyl halides is 2. The molecule has 1 aromatic rings. The van der Waals surface area contributed by atoms with E-state index in [2.05, 4.69) is 31.2 Å². The van der Waals surface area contributed by atoms with E-state index in [9.17, 15) is 0 Å². The maximum atomic E-state index is 6.30. The van der Waals surface area contributed by atoms with Gasteiger partial charge in [0.05, 0.1) is 0 Å². The lowest BCUT2D eigenvalue weighted by molar-refractivity contribution is 0.533. The third kappa shape index (κ3) is 2.44. The second kappa shape index (κ2) is 5.25. The average molecular weight is 255 g/mol. The van der Waals surface area contributed by atoms with E-state index in [1.165, 1.54) is 16.7 Å². The smallest absolute Gasteiger partial charge is 0.0440 e. The molecule has 0 heterocycles. The van der Waals surface area contributed by atoms with Crippen LogP contribution in [0.25, 0.3) is 5.57 Å². The summed E-state index contributed by atoms with van der Waals surface area (Å²) >= 11 is 12.3. The van der Waals surface area contributed by atoms with Gasteiger partial charge in [-0.25, -0.2) is 0 Å². The Morgan fingerprint density at radius 3 is 2.50 bits per heavy atom. The summed E-state index contributed by atoms with van der Waals surface area (Å²) in [6, 6.07) is 10.5. The largest absolute Gasteiger partial charge is 0.122 e. The van der Waals surface area contributed by atoms with Crippen molar-refractivity contribution >= 4 is 28.8 Å². The standard InChI is InChI=1S/C14H16Cl2/c1-10-7-13(11-5-3-2-4-6-11)12(9-15)8-14(10)16/h2-6,10,14H,7-9H2,1H3. The fourth-order valence-corrected chi connectivity index (χ4v) is 2.80. The third-order valence-corrected chi connectivity index (χ3v) is 4.20. The molecule has 1 aliphatic carbocycles. The van der Waals surface area contributed by atoms with Crippen LogP contribution in [0.4, 0.5) is 0 Å². The van der Waals surface area contributed by atoms with Gasteiger partial charge in [-0.3, -0.25) is 0 Å². The average Bonchev–Trinajstić information content (AvgIpc) is 2.33. The lowest BCUT2D eigenvalue weighted by Crippen LogP contribution is -2.19. The van der Waals surface area contributed by atoms with Crippen molar-refractivity contribution in [2.24, 2.45) is 5.92 Å². The highest BCUT2D eigenvalue weighted by atomic mass is 35.5. The number of rotatable bonds is 2. The van der Waals surface area contributed by atoms with Gasteiger partial charge in [0.1, 0.15) is 0 Å². The molecule has 2 heteroatoms. The van der Waals surface area contributed by atoms with Crippen LogP contribution in [0, 0.1) is 5.92 Å². The summed E-state index contributed by atoms with van der Waals surface area (Å²) in [7, 11) is 0. The molecule has 2 unspecified atom stereocenters. The maximum absolute atomic E-state index is 6.30. The van der Waals surface area contributed by atoms with Crippen LogP contribution in [0.3, 0.4) is 0 Å². The minimum atomic E-state index is 0.237. The first-order chi connectivity index (χ1) is 7.72. The van der Waals surface area contributed by atoms with Crippen LogP contribution in [0.2, 0.25) is 0 Å². The summed E-state index contributed by atoms with van der Waals surface area (Å²) in [4.78, 5) is 0. The normalized spacial score (nSPS) is 25.9. The molecule has 0 aromatic heterocycles. The van der Waals surface area contributed by atoms with Crippen LogP contribution >= 0.6 is 23.2 Å². The molecule has 0 aliphatic heterocycles. The molecule has 1 aromatic carbocycles. The number of halogens is 2. The van der Waals surface area contributed by atoms with E-state index in [0.29, 0.717) is 11.8 Å². The maximum Gasteiger partial charge on any atom is 0.0440 e. The molecule has 86 valence electrons. The molecule has 0 fully saturated rings. The molecule has 0 N–H and O–H groups in total. The van der Waals surface area contributed by atoms with Crippen LogP contribution < -0.4 is 0 Å². The third-order valence-electron chi connectivity index (χ3n) is 3.30. The molecular formula is C14H16Cl2. The molecule has 0 bridgehead atoms. The van der Waals surface area contributed by atoms with E-state index in [-0.39, 0.29) is 5.38 Å². The molecule has 0 saturated carbocycles. The zero-order valence-corrected chi connectivity index (χ0v) is 10.9. The second-order valence-corrected chi connectivity index (χ2v) is 5.31. The van der Waals surface area contributed by atoms with Crippen molar-refractivity contribution in [2.75, 3.05) is 5.88 Å². The van der Waals surface area contributed by atoms with E-state index >= 15 is 0 Å². The Hall–Kier alpha value is -0.460. The molecule has 16 heavy (non-hydrogen) atoms. The van der Waals surface area contributed by atoms with Gasteiger partial charge in [0, 0.05) is 11.3 Å². The van der Waals surface area contributed by atoms with E-state index in [1.807, 2.05) is 6.07 Å². The highest BCUT2D eigenvalue weighted by molar-refractivity contribution is 6.22. The van der Waals surface area contributed by atoms with Crippen LogP contribution in [0.1, 0.15) is 25.3 Å². The van der Waals surface area contributed by atoms with E-state index in [4.69, 9.17) is 23.2 Å². The summed E-state index contributed by atoms with van der Waals surface area (Å²) in [6.45, 7) is 2.21. The summed E-state index contributed by atoms with van der Waals surface area (Å²) in [5.41, 5.74) is 4.01. The number of benzene rings is 1. The predicted molar refractivity (Wildman–Crippen MR) is 72.1 cm³/mol. The van der Waals surface area contributed by atoms with E-state index in [1.54, 1.807) is 0 Å².